The molecule has 0 saturated carbocycles. The van der Waals surface area contributed by atoms with Crippen molar-refractivity contribution in [2.75, 3.05) is 18.4 Å². The summed E-state index contributed by atoms with van der Waals surface area (Å²) >= 11 is 0. The first-order valence-corrected chi connectivity index (χ1v) is 11.4. The van der Waals surface area contributed by atoms with Crippen molar-refractivity contribution in [2.45, 2.75) is 54.9 Å². The smallest absolute Gasteiger partial charge is 0.264 e. The van der Waals surface area contributed by atoms with Gasteiger partial charge in [-0.05, 0) is 44.9 Å². The highest BCUT2D eigenvalue weighted by Crippen LogP contribution is 2.44. The molecule has 28 heavy (non-hydrogen) atoms. The lowest BCUT2D eigenvalue weighted by Gasteiger charge is -2.38. The topological polar surface area (TPSA) is 49.9 Å². The lowest BCUT2D eigenvalue weighted by atomic mass is 9.96. The molecule has 3 aliphatic rings. The van der Waals surface area contributed by atoms with Gasteiger partial charge in [0.1, 0.15) is 6.10 Å². The number of hydrogen-bond acceptors (Lipinski definition) is 4. The number of sulfonamides is 1. The van der Waals surface area contributed by atoms with Crippen LogP contribution in [0, 0.1) is 0 Å². The van der Waals surface area contributed by atoms with E-state index in [4.69, 9.17) is 4.74 Å². The second-order valence-electron chi connectivity index (χ2n) is 8.23. The van der Waals surface area contributed by atoms with Gasteiger partial charge in [0.15, 0.2) is 0 Å². The highest BCUT2D eigenvalue weighted by atomic mass is 32.2. The van der Waals surface area contributed by atoms with E-state index in [0.29, 0.717) is 22.7 Å². The van der Waals surface area contributed by atoms with Gasteiger partial charge in [0.05, 0.1) is 16.7 Å². The minimum Gasteiger partial charge on any atom is -0.365 e. The Labute approximate surface area is 167 Å². The number of piperidine rings is 1. The molecule has 3 aliphatic heterocycles. The Kier molecular flexibility index (Phi) is 4.27. The number of hydrogen-bond donors (Lipinski definition) is 0. The maximum absolute atomic E-state index is 13.2. The van der Waals surface area contributed by atoms with E-state index in [1.165, 1.54) is 17.1 Å². The SMILES string of the molecule is CN1[C@@H]2CC[C@H]1CC(O[C@@H]1c3ccccc3N(C)S(=O)(=O)c3ccccc31)C2. The molecule has 2 saturated heterocycles. The molecule has 0 aliphatic carbocycles. The van der Waals surface area contributed by atoms with Crippen LogP contribution in [0.2, 0.25) is 0 Å². The molecule has 2 aromatic rings. The van der Waals surface area contributed by atoms with Crippen molar-refractivity contribution >= 4 is 15.7 Å². The van der Waals surface area contributed by atoms with E-state index in [9.17, 15) is 8.42 Å². The maximum Gasteiger partial charge on any atom is 0.264 e. The molecule has 0 spiro atoms. The molecule has 2 bridgehead atoms. The standard InChI is InChI=1S/C22H26N2O3S/c1-23-15-11-12-16(23)14-17(13-15)27-22-18-7-3-5-9-20(18)24(2)28(25,26)21-10-6-4-8-19(21)22/h3-10,15-17,22H,11-14H2,1-2H3/t15-,16+,17?,22-/m1/s1. The van der Waals surface area contributed by atoms with Crippen molar-refractivity contribution in [3.8, 4) is 0 Å². The van der Waals surface area contributed by atoms with Crippen LogP contribution in [0.1, 0.15) is 42.9 Å². The summed E-state index contributed by atoms with van der Waals surface area (Å²) in [5.74, 6) is 0. The van der Waals surface area contributed by atoms with Crippen LogP contribution in [0.3, 0.4) is 0 Å². The van der Waals surface area contributed by atoms with Crippen molar-refractivity contribution in [1.29, 1.82) is 0 Å². The Bertz CT molecular complexity index is 992. The molecule has 6 heteroatoms. The summed E-state index contributed by atoms with van der Waals surface area (Å²) in [4.78, 5) is 2.84. The number of rotatable bonds is 2. The lowest BCUT2D eigenvalue weighted by Crippen LogP contribution is -2.43. The van der Waals surface area contributed by atoms with Crippen LogP contribution in [0.5, 0.6) is 0 Å². The average Bonchev–Trinajstić information content (AvgIpc) is 2.89. The molecule has 0 aromatic heterocycles. The second kappa shape index (κ2) is 6.58. The molecular formula is C22H26N2O3S. The lowest BCUT2D eigenvalue weighted by molar-refractivity contribution is -0.0432. The number of para-hydroxylation sites is 1. The Morgan fingerprint density at radius 2 is 1.50 bits per heavy atom. The zero-order valence-corrected chi connectivity index (χ0v) is 17.1. The van der Waals surface area contributed by atoms with Gasteiger partial charge >= 0.3 is 0 Å². The highest BCUT2D eigenvalue weighted by molar-refractivity contribution is 7.92. The number of anilines is 1. The third-order valence-electron chi connectivity index (χ3n) is 6.78. The van der Waals surface area contributed by atoms with Crippen molar-refractivity contribution in [3.05, 3.63) is 59.7 Å². The van der Waals surface area contributed by atoms with Crippen molar-refractivity contribution in [1.82, 2.24) is 4.90 Å². The third kappa shape index (κ3) is 2.70. The second-order valence-corrected chi connectivity index (χ2v) is 10.2. The fourth-order valence-electron chi connectivity index (χ4n) is 5.18. The van der Waals surface area contributed by atoms with Crippen molar-refractivity contribution < 1.29 is 13.2 Å². The van der Waals surface area contributed by atoms with Gasteiger partial charge in [-0.25, -0.2) is 8.42 Å². The molecule has 5 rings (SSSR count). The van der Waals surface area contributed by atoms with Crippen LogP contribution in [0.15, 0.2) is 53.4 Å². The van der Waals surface area contributed by atoms with Crippen LogP contribution in [-0.2, 0) is 14.8 Å². The van der Waals surface area contributed by atoms with Gasteiger partial charge in [0.25, 0.3) is 10.0 Å². The third-order valence-corrected chi connectivity index (χ3v) is 8.63. The number of nitrogens with zero attached hydrogens (tertiary/aromatic N) is 2. The van der Waals surface area contributed by atoms with Gasteiger partial charge in [-0.15, -0.1) is 0 Å². The first kappa shape index (κ1) is 18.2. The van der Waals surface area contributed by atoms with Crippen LogP contribution in [-0.4, -0.2) is 45.6 Å². The van der Waals surface area contributed by atoms with Crippen molar-refractivity contribution in [2.24, 2.45) is 0 Å². The Morgan fingerprint density at radius 1 is 0.893 bits per heavy atom. The Morgan fingerprint density at radius 3 is 2.21 bits per heavy atom. The number of ether oxygens (including phenoxy) is 1. The van der Waals surface area contributed by atoms with E-state index in [1.54, 1.807) is 19.2 Å². The molecule has 0 N–H and O–H groups in total. The van der Waals surface area contributed by atoms with Crippen LogP contribution in [0.25, 0.3) is 0 Å². The molecule has 2 fully saturated rings. The predicted octanol–water partition coefficient (Wildman–Crippen LogP) is 3.56. The summed E-state index contributed by atoms with van der Waals surface area (Å²) < 4.78 is 34.6. The van der Waals surface area contributed by atoms with Crippen LogP contribution in [0.4, 0.5) is 5.69 Å². The molecule has 5 nitrogen and oxygen atoms in total. The molecular weight excluding hydrogens is 372 g/mol. The summed E-state index contributed by atoms with van der Waals surface area (Å²) in [7, 11) is 0.229. The molecule has 0 amide bonds. The largest absolute Gasteiger partial charge is 0.365 e. The van der Waals surface area contributed by atoms with Gasteiger partial charge in [-0.1, -0.05) is 36.4 Å². The molecule has 1 unspecified atom stereocenters. The molecule has 3 heterocycles. The minimum absolute atomic E-state index is 0.144. The monoisotopic (exact) mass is 398 g/mol. The van der Waals surface area contributed by atoms with Gasteiger partial charge in [0.2, 0.25) is 0 Å². The first-order valence-electron chi connectivity index (χ1n) is 10.0. The van der Waals surface area contributed by atoms with E-state index in [2.05, 4.69) is 11.9 Å². The number of fused-ring (bicyclic) bond motifs is 4. The fourth-order valence-corrected chi connectivity index (χ4v) is 6.63. The van der Waals surface area contributed by atoms with Gasteiger partial charge in [0, 0.05) is 30.3 Å². The molecule has 0 radical (unpaired) electrons. The zero-order chi connectivity index (χ0) is 19.5. The van der Waals surface area contributed by atoms with E-state index >= 15 is 0 Å². The quantitative estimate of drug-likeness (QED) is 0.776. The Hall–Kier alpha value is -1.89. The normalized spacial score (nSPS) is 31.1. The Balaban J connectivity index is 1.60. The van der Waals surface area contributed by atoms with E-state index < -0.39 is 10.0 Å². The summed E-state index contributed by atoms with van der Waals surface area (Å²) in [6, 6.07) is 16.1. The van der Waals surface area contributed by atoms with Gasteiger partial charge in [-0.3, -0.25) is 4.31 Å². The van der Waals surface area contributed by atoms with Gasteiger partial charge < -0.3 is 9.64 Å². The first-order chi connectivity index (χ1) is 13.5. The molecule has 148 valence electrons. The predicted molar refractivity (Wildman–Crippen MR) is 109 cm³/mol. The van der Waals surface area contributed by atoms with Crippen LogP contribution < -0.4 is 4.31 Å². The minimum atomic E-state index is -3.62. The maximum atomic E-state index is 13.2. The summed E-state index contributed by atoms with van der Waals surface area (Å²) in [6.45, 7) is 0. The summed E-state index contributed by atoms with van der Waals surface area (Å²) in [5.41, 5.74) is 2.36. The van der Waals surface area contributed by atoms with Gasteiger partial charge in [-0.2, -0.15) is 0 Å². The van der Waals surface area contributed by atoms with Crippen molar-refractivity contribution in [3.63, 3.8) is 0 Å². The summed E-state index contributed by atoms with van der Waals surface area (Å²) in [5, 5.41) is 0. The average molecular weight is 399 g/mol. The molecule has 4 atom stereocenters. The van der Waals surface area contributed by atoms with E-state index in [0.717, 1.165) is 24.0 Å². The number of benzene rings is 2. The van der Waals surface area contributed by atoms with E-state index in [1.807, 2.05) is 36.4 Å². The van der Waals surface area contributed by atoms with Crippen LogP contribution >= 0.6 is 0 Å². The summed E-state index contributed by atoms with van der Waals surface area (Å²) in [6.07, 6.45) is 4.25. The fraction of sp³-hybridized carbons (Fsp3) is 0.455. The zero-order valence-electron chi connectivity index (χ0n) is 16.3. The molecule has 2 aromatic carbocycles. The highest BCUT2D eigenvalue weighted by Gasteiger charge is 2.42. The van der Waals surface area contributed by atoms with E-state index in [-0.39, 0.29) is 12.2 Å².